The second kappa shape index (κ2) is 8.88. The predicted molar refractivity (Wildman–Crippen MR) is 46.3 cm³/mol. The molecule has 1 aromatic rings. The predicted octanol–water partition coefficient (Wildman–Crippen LogP) is 2.39. The van der Waals surface area contributed by atoms with Gasteiger partial charge in [-0.05, 0) is 12.1 Å². The first kappa shape index (κ1) is 9.88. The topological polar surface area (TPSA) is 15.8 Å². The summed E-state index contributed by atoms with van der Waals surface area (Å²) in [5.41, 5.74) is 0. The number of hydrogen-bond donors (Lipinski definition) is 1. The molecule has 0 unspecified atom stereocenters. The smallest absolute Gasteiger partial charge is 0.000496 e. The van der Waals surface area contributed by atoms with Crippen molar-refractivity contribution in [1.29, 1.82) is 0 Å². The fraction of sp³-hybridized carbons (Fsp3) is 0.500. The summed E-state index contributed by atoms with van der Waals surface area (Å²) in [6.07, 6.45) is 6.48. The van der Waals surface area contributed by atoms with Crippen LogP contribution in [0.3, 0.4) is 0 Å². The average molecular weight is 131 g/mol. The zero-order chi connectivity index (χ0) is 7.66. The van der Waals surface area contributed by atoms with Crippen molar-refractivity contribution in [2.24, 2.45) is 0 Å². The number of unbranched alkanes of at least 4 members (excludes halogenated alkanes) is 1. The first-order valence-electron chi connectivity index (χ1n) is 3.99. The van der Waals surface area contributed by atoms with Gasteiger partial charge in [0.1, 0.15) is 0 Å². The molecule has 0 aliphatic rings. The van der Waals surface area contributed by atoms with Crippen LogP contribution in [0.1, 0.15) is 19.8 Å². The first-order valence-corrected chi connectivity index (χ1v) is 3.99. The normalized spacial score (nSPS) is 8.30. The summed E-state index contributed by atoms with van der Waals surface area (Å²) >= 11 is 2.21. The van der Waals surface area contributed by atoms with Crippen molar-refractivity contribution in [1.82, 2.24) is 4.98 Å². The van der Waals surface area contributed by atoms with Crippen molar-refractivity contribution in [2.75, 3.05) is 0 Å². The summed E-state index contributed by atoms with van der Waals surface area (Å²) in [5, 5.41) is 1.34. The summed E-state index contributed by atoms with van der Waals surface area (Å²) in [6, 6.07) is 3.89. The van der Waals surface area contributed by atoms with Gasteiger partial charge in [0.15, 0.2) is 0 Å². The molecule has 1 N–H and O–H groups in total. The number of aromatic amines is 1. The summed E-state index contributed by atoms with van der Waals surface area (Å²) in [5.74, 6) is 0. The van der Waals surface area contributed by atoms with Crippen molar-refractivity contribution in [2.45, 2.75) is 24.9 Å². The molecule has 0 aromatic carbocycles. The van der Waals surface area contributed by atoms with Gasteiger partial charge in [0, 0.05) is 12.4 Å². The third kappa shape index (κ3) is 7.88. The zero-order valence-electron chi connectivity index (χ0n) is 6.93. The molecule has 0 aliphatic carbocycles. The van der Waals surface area contributed by atoms with Crippen molar-refractivity contribution < 1.29 is 0 Å². The Morgan fingerprint density at radius 1 is 1.30 bits per heavy atom. The summed E-state index contributed by atoms with van der Waals surface area (Å²) in [4.78, 5) is 2.86. The van der Waals surface area contributed by atoms with Crippen molar-refractivity contribution in [3.8, 4) is 0 Å². The molecule has 0 aliphatic heterocycles. The molecule has 1 rings (SSSR count). The van der Waals surface area contributed by atoms with Crippen LogP contribution in [0.5, 0.6) is 0 Å². The molecule has 0 fully saturated rings. The molecule has 1 aromatic heterocycles. The van der Waals surface area contributed by atoms with Crippen molar-refractivity contribution in [3.63, 3.8) is 0 Å². The number of aromatic nitrogens is 1. The molecule has 1 heterocycles. The Labute approximate surface area is 72.4 Å². The molecule has 52 valence electrons. The molecule has 0 radical (unpaired) electrons. The molecule has 0 amide bonds. The quantitative estimate of drug-likeness (QED) is 0.593. The SMILES string of the molecule is [Li][CH2]CCC.c1cc[nH]c1. The molecule has 0 atom stereocenters. The minimum atomic E-state index is 1.34. The molecule has 0 saturated carbocycles. The number of hydrogen-bond acceptors (Lipinski definition) is 0. The third-order valence-electron chi connectivity index (χ3n) is 1.20. The second-order valence-electron chi connectivity index (χ2n) is 2.24. The second-order valence-corrected chi connectivity index (χ2v) is 2.24. The van der Waals surface area contributed by atoms with Gasteiger partial charge in [-0.2, -0.15) is 0 Å². The summed E-state index contributed by atoms with van der Waals surface area (Å²) in [7, 11) is 0. The van der Waals surface area contributed by atoms with Crippen LogP contribution >= 0.6 is 0 Å². The van der Waals surface area contributed by atoms with Crippen LogP contribution in [0, 0.1) is 0 Å². The molecular formula is C8H14LiN. The van der Waals surface area contributed by atoms with E-state index in [-0.39, 0.29) is 0 Å². The number of rotatable bonds is 2. The van der Waals surface area contributed by atoms with Crippen LogP contribution in [-0.2, 0) is 0 Å². The van der Waals surface area contributed by atoms with Gasteiger partial charge >= 0.3 is 42.6 Å². The van der Waals surface area contributed by atoms with E-state index in [4.69, 9.17) is 0 Å². The van der Waals surface area contributed by atoms with E-state index in [0.717, 1.165) is 0 Å². The Hall–Kier alpha value is -0.123. The van der Waals surface area contributed by atoms with Crippen LogP contribution in [0.4, 0.5) is 0 Å². The molecular weight excluding hydrogens is 117 g/mol. The van der Waals surface area contributed by atoms with Gasteiger partial charge in [-0.1, -0.05) is 0 Å². The molecule has 2 heteroatoms. The molecule has 0 bridgehead atoms. The Morgan fingerprint density at radius 3 is 2.00 bits per heavy atom. The minimum Gasteiger partial charge on any atom is -0.368 e. The Bertz CT molecular complexity index is 95.6. The maximum Gasteiger partial charge on any atom is 0.000496 e. The largest absolute Gasteiger partial charge is 0.368 e. The van der Waals surface area contributed by atoms with Crippen LogP contribution in [-0.4, -0.2) is 22.7 Å². The summed E-state index contributed by atoms with van der Waals surface area (Å²) < 4.78 is 0. The van der Waals surface area contributed by atoms with E-state index < -0.39 is 0 Å². The van der Waals surface area contributed by atoms with Gasteiger partial charge in [-0.15, -0.1) is 0 Å². The van der Waals surface area contributed by atoms with Crippen LogP contribution in [0.25, 0.3) is 0 Å². The third-order valence-corrected chi connectivity index (χ3v) is 1.20. The van der Waals surface area contributed by atoms with Crippen molar-refractivity contribution >= 4 is 17.7 Å². The van der Waals surface area contributed by atoms with Crippen LogP contribution < -0.4 is 0 Å². The van der Waals surface area contributed by atoms with Gasteiger partial charge < -0.3 is 4.98 Å². The van der Waals surface area contributed by atoms with Gasteiger partial charge in [0.2, 0.25) is 0 Å². The van der Waals surface area contributed by atoms with E-state index in [0.29, 0.717) is 0 Å². The Balaban J connectivity index is 0.000000162. The van der Waals surface area contributed by atoms with E-state index >= 15 is 0 Å². The molecule has 0 saturated heterocycles. The number of nitrogens with one attached hydrogen (secondary N) is 1. The Kier molecular flexibility index (Phi) is 8.77. The van der Waals surface area contributed by atoms with Gasteiger partial charge in [0.25, 0.3) is 0 Å². The van der Waals surface area contributed by atoms with E-state index in [1.165, 1.54) is 17.9 Å². The van der Waals surface area contributed by atoms with Crippen LogP contribution in [0.2, 0.25) is 5.09 Å². The van der Waals surface area contributed by atoms with E-state index in [1.807, 2.05) is 24.5 Å². The fourth-order valence-corrected chi connectivity index (χ4v) is 0.631. The molecule has 1 nitrogen and oxygen atoms in total. The fourth-order valence-electron chi connectivity index (χ4n) is 0.631. The Morgan fingerprint density at radius 2 is 1.90 bits per heavy atom. The van der Waals surface area contributed by atoms with E-state index in [9.17, 15) is 0 Å². The maximum absolute atomic E-state index is 2.86. The summed E-state index contributed by atoms with van der Waals surface area (Å²) in [6.45, 7) is 2.21. The zero-order valence-corrected chi connectivity index (χ0v) is 6.93. The van der Waals surface area contributed by atoms with E-state index in [1.54, 1.807) is 0 Å². The van der Waals surface area contributed by atoms with Gasteiger partial charge in [0.05, 0.1) is 0 Å². The maximum atomic E-state index is 2.86. The van der Waals surface area contributed by atoms with Crippen LogP contribution in [0.15, 0.2) is 24.5 Å². The van der Waals surface area contributed by atoms with Crippen molar-refractivity contribution in [3.05, 3.63) is 24.5 Å². The molecule has 0 spiro atoms. The first-order chi connectivity index (χ1) is 4.91. The standard InChI is InChI=1S/C4H5N.C4H9.Li/c1-2-4-5-3-1;1-3-4-2;/h1-5H;1,3-4H2,2H3;. The number of H-pyrrole nitrogens is 1. The molecule has 10 heavy (non-hydrogen) atoms. The monoisotopic (exact) mass is 131 g/mol. The van der Waals surface area contributed by atoms with E-state index in [2.05, 4.69) is 29.6 Å². The average Bonchev–Trinajstić information content (AvgIpc) is 2.44. The van der Waals surface area contributed by atoms with Gasteiger partial charge in [-0.25, -0.2) is 0 Å². The van der Waals surface area contributed by atoms with Gasteiger partial charge in [-0.3, -0.25) is 0 Å². The minimum absolute atomic E-state index is 1.34.